The van der Waals surface area contributed by atoms with Crippen LogP contribution < -0.4 is 5.32 Å². The minimum Gasteiger partial charge on any atom is -0.349 e. The summed E-state index contributed by atoms with van der Waals surface area (Å²) < 4.78 is 27.5. The van der Waals surface area contributed by atoms with Crippen LogP contribution in [0.1, 0.15) is 31.9 Å². The first-order valence-corrected chi connectivity index (χ1v) is 7.34. The lowest BCUT2D eigenvalue weighted by Gasteiger charge is -2.34. The zero-order valence-corrected chi connectivity index (χ0v) is 13.0. The van der Waals surface area contributed by atoms with Crippen molar-refractivity contribution < 1.29 is 13.6 Å². The molecular formula is C17H20F2N2O. The number of carbonyl (C=O) groups excluding carboxylic acids is 1. The molecule has 1 aromatic carbocycles. The Kier molecular flexibility index (Phi) is 4.96. The zero-order chi connectivity index (χ0) is 16.3. The fourth-order valence-electron chi connectivity index (χ4n) is 2.73. The van der Waals surface area contributed by atoms with Crippen LogP contribution in [0.3, 0.4) is 0 Å². The van der Waals surface area contributed by atoms with Gasteiger partial charge in [0.05, 0.1) is 12.2 Å². The lowest BCUT2D eigenvalue weighted by atomic mass is 10.0. The van der Waals surface area contributed by atoms with Gasteiger partial charge in [-0.1, -0.05) is 19.1 Å². The van der Waals surface area contributed by atoms with E-state index >= 15 is 0 Å². The van der Waals surface area contributed by atoms with E-state index in [-0.39, 0.29) is 12.5 Å². The number of amides is 1. The molecule has 1 heterocycles. The van der Waals surface area contributed by atoms with Crippen molar-refractivity contribution in [1.82, 2.24) is 10.2 Å². The standard InChI is InChI=1S/C17H20F2N2O/c1-4-11-7-12(18)8-15(19)14(11)9-21-10-20-17(22)13(5-2)16(21)6-3/h5-8H,4,9-10H2,1-3H3,(H,20,22). The number of benzene rings is 1. The molecule has 1 aliphatic rings. The Morgan fingerprint density at radius 3 is 2.59 bits per heavy atom. The molecule has 5 heteroatoms. The fourth-order valence-corrected chi connectivity index (χ4v) is 2.73. The number of aryl methyl sites for hydroxylation is 1. The van der Waals surface area contributed by atoms with Crippen molar-refractivity contribution in [2.24, 2.45) is 0 Å². The average Bonchev–Trinajstić information content (AvgIpc) is 2.50. The maximum absolute atomic E-state index is 14.2. The molecule has 3 nitrogen and oxygen atoms in total. The van der Waals surface area contributed by atoms with Gasteiger partial charge in [-0.3, -0.25) is 4.79 Å². The maximum Gasteiger partial charge on any atom is 0.254 e. The summed E-state index contributed by atoms with van der Waals surface area (Å²) in [6.45, 7) is 6.08. The van der Waals surface area contributed by atoms with Gasteiger partial charge < -0.3 is 10.2 Å². The topological polar surface area (TPSA) is 32.3 Å². The van der Waals surface area contributed by atoms with E-state index in [0.29, 0.717) is 29.8 Å². The number of nitrogens with one attached hydrogen (secondary N) is 1. The summed E-state index contributed by atoms with van der Waals surface area (Å²) in [6, 6.07) is 2.27. The van der Waals surface area contributed by atoms with E-state index in [9.17, 15) is 13.6 Å². The van der Waals surface area contributed by atoms with Crippen molar-refractivity contribution in [3.05, 3.63) is 58.3 Å². The molecule has 0 bridgehead atoms. The van der Waals surface area contributed by atoms with Crippen molar-refractivity contribution in [3.8, 4) is 0 Å². The van der Waals surface area contributed by atoms with Crippen LogP contribution in [0, 0.1) is 11.6 Å². The van der Waals surface area contributed by atoms with Gasteiger partial charge in [0.25, 0.3) is 5.91 Å². The van der Waals surface area contributed by atoms with E-state index in [0.717, 1.165) is 11.8 Å². The third-order valence-corrected chi connectivity index (χ3v) is 3.84. The second-order valence-electron chi connectivity index (χ2n) is 5.12. The Balaban J connectivity index is 2.37. The number of rotatable bonds is 3. The number of hydrogen-bond acceptors (Lipinski definition) is 2. The van der Waals surface area contributed by atoms with Gasteiger partial charge in [-0.15, -0.1) is 0 Å². The van der Waals surface area contributed by atoms with Crippen LogP contribution in [-0.2, 0) is 17.8 Å². The second kappa shape index (κ2) is 6.73. The smallest absolute Gasteiger partial charge is 0.254 e. The second-order valence-corrected chi connectivity index (χ2v) is 5.12. The predicted molar refractivity (Wildman–Crippen MR) is 81.8 cm³/mol. The minimum absolute atomic E-state index is 0.137. The Labute approximate surface area is 129 Å². The molecule has 0 aromatic heterocycles. The zero-order valence-electron chi connectivity index (χ0n) is 13.0. The van der Waals surface area contributed by atoms with Crippen molar-refractivity contribution in [2.75, 3.05) is 6.67 Å². The summed E-state index contributed by atoms with van der Waals surface area (Å²) in [5.74, 6) is -1.25. The third kappa shape index (κ3) is 3.03. The Morgan fingerprint density at radius 1 is 1.27 bits per heavy atom. The molecule has 0 atom stereocenters. The fraction of sp³-hybridized carbons (Fsp3) is 0.353. The number of hydrogen-bond donors (Lipinski definition) is 1. The van der Waals surface area contributed by atoms with Crippen LogP contribution in [-0.4, -0.2) is 17.5 Å². The normalized spacial score (nSPS) is 19.0. The summed E-state index contributed by atoms with van der Waals surface area (Å²) in [5, 5.41) is 2.77. The van der Waals surface area contributed by atoms with Crippen LogP contribution in [0.25, 0.3) is 0 Å². The van der Waals surface area contributed by atoms with E-state index in [1.165, 1.54) is 6.07 Å². The lowest BCUT2D eigenvalue weighted by Crippen LogP contribution is -2.44. The van der Waals surface area contributed by atoms with Gasteiger partial charge in [0.2, 0.25) is 0 Å². The molecule has 1 saturated heterocycles. The van der Waals surface area contributed by atoms with E-state index in [1.54, 1.807) is 13.0 Å². The molecule has 1 aliphatic heterocycles. The Hall–Kier alpha value is -2.17. The van der Waals surface area contributed by atoms with E-state index in [2.05, 4.69) is 5.32 Å². The van der Waals surface area contributed by atoms with Crippen LogP contribution in [0.5, 0.6) is 0 Å². The molecule has 1 fully saturated rings. The third-order valence-electron chi connectivity index (χ3n) is 3.84. The number of carbonyl (C=O) groups is 1. The van der Waals surface area contributed by atoms with E-state index in [1.807, 2.05) is 24.8 Å². The van der Waals surface area contributed by atoms with Crippen molar-refractivity contribution in [1.29, 1.82) is 0 Å². The molecule has 118 valence electrons. The predicted octanol–water partition coefficient (Wildman–Crippen LogP) is 3.27. The molecule has 22 heavy (non-hydrogen) atoms. The van der Waals surface area contributed by atoms with Gasteiger partial charge in [0, 0.05) is 23.9 Å². The molecule has 1 N–H and O–H groups in total. The monoisotopic (exact) mass is 306 g/mol. The van der Waals surface area contributed by atoms with Gasteiger partial charge in [0.1, 0.15) is 11.6 Å². The molecule has 2 rings (SSSR count). The molecule has 0 aliphatic carbocycles. The average molecular weight is 306 g/mol. The van der Waals surface area contributed by atoms with Gasteiger partial charge in [-0.25, -0.2) is 8.78 Å². The van der Waals surface area contributed by atoms with Crippen molar-refractivity contribution in [2.45, 2.75) is 33.7 Å². The van der Waals surface area contributed by atoms with Crippen LogP contribution in [0.4, 0.5) is 8.78 Å². The lowest BCUT2D eigenvalue weighted by molar-refractivity contribution is -0.119. The largest absolute Gasteiger partial charge is 0.349 e. The summed E-state index contributed by atoms with van der Waals surface area (Å²) in [4.78, 5) is 13.7. The summed E-state index contributed by atoms with van der Waals surface area (Å²) >= 11 is 0. The molecule has 0 unspecified atom stereocenters. The Morgan fingerprint density at radius 2 is 2.00 bits per heavy atom. The summed E-state index contributed by atoms with van der Waals surface area (Å²) in [5.41, 5.74) is 2.44. The van der Waals surface area contributed by atoms with Crippen molar-refractivity contribution in [3.63, 3.8) is 0 Å². The highest BCUT2D eigenvalue weighted by Crippen LogP contribution is 2.25. The highest BCUT2D eigenvalue weighted by atomic mass is 19.1. The van der Waals surface area contributed by atoms with E-state index < -0.39 is 11.6 Å². The molecule has 0 spiro atoms. The SMILES string of the molecule is CC=C1C(=O)NCN(Cc2c(F)cc(F)cc2CC)C1=CC. The number of halogens is 2. The van der Waals surface area contributed by atoms with Crippen molar-refractivity contribution >= 4 is 5.91 Å². The first-order chi connectivity index (χ1) is 10.5. The molecular weight excluding hydrogens is 286 g/mol. The Bertz CT molecular complexity index is 650. The minimum atomic E-state index is -0.564. The van der Waals surface area contributed by atoms with Gasteiger partial charge in [0.15, 0.2) is 0 Å². The van der Waals surface area contributed by atoms with Gasteiger partial charge in [-0.2, -0.15) is 0 Å². The molecule has 1 aromatic rings. The van der Waals surface area contributed by atoms with E-state index in [4.69, 9.17) is 0 Å². The first-order valence-electron chi connectivity index (χ1n) is 7.34. The number of allylic oxidation sites excluding steroid dienone is 2. The van der Waals surface area contributed by atoms with Crippen LogP contribution in [0.2, 0.25) is 0 Å². The summed E-state index contributed by atoms with van der Waals surface area (Å²) in [7, 11) is 0. The van der Waals surface area contributed by atoms with Gasteiger partial charge >= 0.3 is 0 Å². The quantitative estimate of drug-likeness (QED) is 0.869. The number of nitrogens with zero attached hydrogens (tertiary/aromatic N) is 1. The van der Waals surface area contributed by atoms with Crippen LogP contribution >= 0.6 is 0 Å². The molecule has 0 saturated carbocycles. The summed E-state index contributed by atoms with van der Waals surface area (Å²) in [6.07, 6.45) is 4.12. The first kappa shape index (κ1) is 16.2. The van der Waals surface area contributed by atoms with Gasteiger partial charge in [-0.05, 0) is 31.9 Å². The van der Waals surface area contributed by atoms with Crippen LogP contribution in [0.15, 0.2) is 35.6 Å². The highest BCUT2D eigenvalue weighted by Gasteiger charge is 2.26. The highest BCUT2D eigenvalue weighted by molar-refractivity contribution is 5.98. The maximum atomic E-state index is 14.2. The molecule has 1 amide bonds. The molecule has 0 radical (unpaired) electrons.